The first kappa shape index (κ1) is 28.7. The number of carbonyl (C=O) groups excluding carboxylic acids is 3. The molecule has 0 heterocycles. The Morgan fingerprint density at radius 2 is 1.56 bits per heavy atom. The molecule has 4 rings (SSSR count). The molecule has 3 N–H and O–H groups in total. The first-order valence-corrected chi connectivity index (χ1v) is 13.2. The molecule has 41 heavy (non-hydrogen) atoms. The molecule has 0 bridgehead atoms. The second kappa shape index (κ2) is 13.7. The highest BCUT2D eigenvalue weighted by Gasteiger charge is 2.16. The smallest absolute Gasteiger partial charge is 0.272 e. The molecule has 0 aromatic heterocycles. The average Bonchev–Trinajstić information content (AvgIpc) is 2.98. The highest BCUT2D eigenvalue weighted by molar-refractivity contribution is 8.00. The number of rotatable bonds is 10. The molecule has 0 saturated heterocycles. The number of nitro groups is 1. The molecule has 11 heteroatoms. The first-order valence-electron chi connectivity index (χ1n) is 12.2. The Kier molecular flexibility index (Phi) is 9.57. The van der Waals surface area contributed by atoms with E-state index in [2.05, 4.69) is 16.0 Å². The largest absolute Gasteiger partial charge is 0.323 e. The van der Waals surface area contributed by atoms with Gasteiger partial charge in [0.2, 0.25) is 5.91 Å². The molecule has 206 valence electrons. The van der Waals surface area contributed by atoms with Crippen LogP contribution in [0.2, 0.25) is 0 Å². The van der Waals surface area contributed by atoms with E-state index in [4.69, 9.17) is 0 Å². The molecule has 4 aromatic rings. The number of carbonyl (C=O) groups is 3. The van der Waals surface area contributed by atoms with E-state index < -0.39 is 28.5 Å². The Morgan fingerprint density at radius 3 is 2.27 bits per heavy atom. The maximum absolute atomic E-state index is 13.8. The number of hydrogen-bond acceptors (Lipinski definition) is 6. The van der Waals surface area contributed by atoms with Gasteiger partial charge in [-0.1, -0.05) is 36.4 Å². The second-order valence-corrected chi connectivity index (χ2v) is 9.57. The Balaban J connectivity index is 1.47. The number of hydrogen-bond donors (Lipinski definition) is 3. The summed E-state index contributed by atoms with van der Waals surface area (Å²) in [7, 11) is 0. The van der Waals surface area contributed by atoms with Crippen LogP contribution in [0.15, 0.2) is 114 Å². The van der Waals surface area contributed by atoms with Crippen LogP contribution in [0.3, 0.4) is 0 Å². The minimum atomic E-state index is -0.632. The molecule has 3 amide bonds. The normalized spacial score (nSPS) is 10.9. The summed E-state index contributed by atoms with van der Waals surface area (Å²) >= 11 is 1.19. The van der Waals surface area contributed by atoms with E-state index in [1.807, 2.05) is 0 Å². The van der Waals surface area contributed by atoms with Crippen LogP contribution < -0.4 is 16.0 Å². The van der Waals surface area contributed by atoms with E-state index in [-0.39, 0.29) is 22.8 Å². The van der Waals surface area contributed by atoms with Crippen LogP contribution in [-0.4, -0.2) is 28.4 Å². The van der Waals surface area contributed by atoms with Crippen molar-refractivity contribution in [2.75, 3.05) is 16.4 Å². The molecule has 0 aliphatic carbocycles. The van der Waals surface area contributed by atoms with E-state index in [1.165, 1.54) is 60.3 Å². The fraction of sp³-hybridized carbons (Fsp3) is 0.0333. The molecule has 0 aliphatic rings. The summed E-state index contributed by atoms with van der Waals surface area (Å²) in [5.41, 5.74) is 1.08. The molecule has 0 spiro atoms. The van der Waals surface area contributed by atoms with Gasteiger partial charge >= 0.3 is 0 Å². The number of nitrogens with zero attached hydrogens (tertiary/aromatic N) is 1. The third-order valence-electron chi connectivity index (χ3n) is 5.55. The summed E-state index contributed by atoms with van der Waals surface area (Å²) in [6, 6.07) is 26.4. The van der Waals surface area contributed by atoms with Crippen molar-refractivity contribution in [3.05, 3.63) is 136 Å². The van der Waals surface area contributed by atoms with E-state index >= 15 is 0 Å². The van der Waals surface area contributed by atoms with Gasteiger partial charge in [-0.2, -0.15) is 0 Å². The van der Waals surface area contributed by atoms with E-state index in [0.717, 1.165) is 0 Å². The first-order chi connectivity index (χ1) is 19.8. The van der Waals surface area contributed by atoms with Crippen molar-refractivity contribution in [1.29, 1.82) is 0 Å². The number of thioether (sulfide) groups is 1. The molecule has 0 unspecified atom stereocenters. The van der Waals surface area contributed by atoms with Crippen molar-refractivity contribution >= 4 is 52.6 Å². The zero-order chi connectivity index (χ0) is 29.2. The third kappa shape index (κ3) is 8.35. The molecule has 0 fully saturated rings. The van der Waals surface area contributed by atoms with Crippen molar-refractivity contribution < 1.29 is 23.7 Å². The summed E-state index contributed by atoms with van der Waals surface area (Å²) in [6.45, 7) is 0. The van der Waals surface area contributed by atoms with Crippen molar-refractivity contribution in [2.24, 2.45) is 0 Å². The van der Waals surface area contributed by atoms with Gasteiger partial charge in [0, 0.05) is 28.3 Å². The van der Waals surface area contributed by atoms with Gasteiger partial charge in [0.05, 0.1) is 16.4 Å². The molecular weight excluding hydrogens is 547 g/mol. The Morgan fingerprint density at radius 1 is 0.854 bits per heavy atom. The van der Waals surface area contributed by atoms with Crippen LogP contribution in [0.5, 0.6) is 0 Å². The fourth-order valence-corrected chi connectivity index (χ4v) is 4.32. The maximum atomic E-state index is 13.8. The standard InChI is InChI=1S/C30H23FN4O5S/c31-25-11-4-5-12-26(25)33-28(36)19-41-24-10-6-9-22(18-24)32-30(38)27(34-29(37)21-7-2-1-3-8-21)17-20-13-15-23(16-14-20)35(39)40/h1-18H,19H2,(H,32,38)(H,33,36)(H,34,37)/b27-17+. The van der Waals surface area contributed by atoms with Crippen LogP contribution >= 0.6 is 11.8 Å². The van der Waals surface area contributed by atoms with Crippen molar-refractivity contribution in [2.45, 2.75) is 4.90 Å². The van der Waals surface area contributed by atoms with Crippen molar-refractivity contribution in [3.8, 4) is 0 Å². The average molecular weight is 571 g/mol. The Hall–Kier alpha value is -5.29. The SMILES string of the molecule is O=C(CSc1cccc(NC(=O)/C(=C\c2ccc([N+](=O)[O-])cc2)NC(=O)c2ccccc2)c1)Nc1ccccc1F. The predicted octanol–water partition coefficient (Wildman–Crippen LogP) is 5.87. The van der Waals surface area contributed by atoms with E-state index in [0.29, 0.717) is 21.7 Å². The minimum absolute atomic E-state index is 0.00413. The Bertz CT molecular complexity index is 1610. The van der Waals surface area contributed by atoms with Gasteiger partial charge in [-0.25, -0.2) is 4.39 Å². The van der Waals surface area contributed by atoms with Gasteiger partial charge in [-0.3, -0.25) is 24.5 Å². The lowest BCUT2D eigenvalue weighted by atomic mass is 10.1. The van der Waals surface area contributed by atoms with Gasteiger partial charge in [-0.15, -0.1) is 11.8 Å². The monoisotopic (exact) mass is 570 g/mol. The number of amides is 3. The van der Waals surface area contributed by atoms with Crippen molar-refractivity contribution in [3.63, 3.8) is 0 Å². The number of anilines is 2. The van der Waals surface area contributed by atoms with Gasteiger partial charge in [0.15, 0.2) is 0 Å². The van der Waals surface area contributed by atoms with E-state index in [9.17, 15) is 28.9 Å². The van der Waals surface area contributed by atoms with Crippen LogP contribution in [0.4, 0.5) is 21.5 Å². The third-order valence-corrected chi connectivity index (χ3v) is 6.55. The molecular formula is C30H23FN4O5S. The summed E-state index contributed by atoms with van der Waals surface area (Å²) in [6.07, 6.45) is 1.41. The highest BCUT2D eigenvalue weighted by Crippen LogP contribution is 2.23. The summed E-state index contributed by atoms with van der Waals surface area (Å²) in [4.78, 5) is 49.5. The topological polar surface area (TPSA) is 130 Å². The number of halogens is 1. The molecule has 0 radical (unpaired) electrons. The van der Waals surface area contributed by atoms with Crippen LogP contribution in [-0.2, 0) is 9.59 Å². The minimum Gasteiger partial charge on any atom is -0.323 e. The summed E-state index contributed by atoms with van der Waals surface area (Å²) in [5.74, 6) is -2.07. The molecule has 4 aromatic carbocycles. The predicted molar refractivity (Wildman–Crippen MR) is 156 cm³/mol. The van der Waals surface area contributed by atoms with Gasteiger partial charge in [-0.05, 0) is 66.2 Å². The van der Waals surface area contributed by atoms with Gasteiger partial charge < -0.3 is 16.0 Å². The fourth-order valence-electron chi connectivity index (χ4n) is 3.56. The van der Waals surface area contributed by atoms with Crippen LogP contribution in [0, 0.1) is 15.9 Å². The van der Waals surface area contributed by atoms with Crippen molar-refractivity contribution in [1.82, 2.24) is 5.32 Å². The molecule has 9 nitrogen and oxygen atoms in total. The van der Waals surface area contributed by atoms with Crippen LogP contribution in [0.1, 0.15) is 15.9 Å². The summed E-state index contributed by atoms with van der Waals surface area (Å²) < 4.78 is 13.8. The molecule has 0 aliphatic heterocycles. The lowest BCUT2D eigenvalue weighted by Crippen LogP contribution is -2.30. The van der Waals surface area contributed by atoms with Gasteiger partial charge in [0.25, 0.3) is 17.5 Å². The van der Waals surface area contributed by atoms with Crippen LogP contribution in [0.25, 0.3) is 6.08 Å². The number of non-ortho nitro benzene ring substituents is 1. The number of nitrogens with one attached hydrogen (secondary N) is 3. The molecule has 0 saturated carbocycles. The Labute approximate surface area is 238 Å². The molecule has 0 atom stereocenters. The second-order valence-electron chi connectivity index (χ2n) is 8.53. The zero-order valence-corrected chi connectivity index (χ0v) is 22.2. The lowest BCUT2D eigenvalue weighted by Gasteiger charge is -2.12. The number of para-hydroxylation sites is 1. The lowest BCUT2D eigenvalue weighted by molar-refractivity contribution is -0.384. The number of benzene rings is 4. The highest BCUT2D eigenvalue weighted by atomic mass is 32.2. The van der Waals surface area contributed by atoms with E-state index in [1.54, 1.807) is 60.7 Å². The zero-order valence-electron chi connectivity index (χ0n) is 21.4. The maximum Gasteiger partial charge on any atom is 0.272 e. The number of nitro benzene ring substituents is 1. The quantitative estimate of drug-likeness (QED) is 0.0946. The van der Waals surface area contributed by atoms with Gasteiger partial charge in [0.1, 0.15) is 11.5 Å². The summed E-state index contributed by atoms with van der Waals surface area (Å²) in [5, 5.41) is 18.8.